The number of hydrogen-bond acceptors (Lipinski definition) is 3. The average Bonchev–Trinajstić information content (AvgIpc) is 2.15. The van der Waals surface area contributed by atoms with Crippen molar-refractivity contribution in [1.29, 1.82) is 0 Å². The van der Waals surface area contributed by atoms with E-state index in [0.29, 0.717) is 0 Å². The molecular formula is C10H10F3FeNO2. The van der Waals surface area contributed by atoms with Crippen LogP contribution in [0.25, 0.3) is 0 Å². The quantitative estimate of drug-likeness (QED) is 0.514. The van der Waals surface area contributed by atoms with Crippen molar-refractivity contribution in [2.24, 2.45) is 0 Å². The normalized spacial score (nSPS) is 10.6. The first-order chi connectivity index (χ1) is 7.32. The second kappa shape index (κ2) is 5.93. The number of rotatable bonds is 2. The van der Waals surface area contributed by atoms with Gasteiger partial charge in [-0.05, 0) is 23.8 Å². The summed E-state index contributed by atoms with van der Waals surface area (Å²) in [4.78, 5) is 10.9. The van der Waals surface area contributed by atoms with Crippen LogP contribution in [0.2, 0.25) is 0 Å². The first-order valence-electron chi connectivity index (χ1n) is 4.36. The molecule has 0 heterocycles. The largest absolute Gasteiger partial charge is 0.469 e. The molecule has 0 saturated heterocycles. The van der Waals surface area contributed by atoms with Crippen LogP contribution in [0.15, 0.2) is 18.2 Å². The van der Waals surface area contributed by atoms with Gasteiger partial charge in [0.2, 0.25) is 0 Å². The van der Waals surface area contributed by atoms with Gasteiger partial charge in [-0.2, -0.15) is 13.2 Å². The predicted molar refractivity (Wildman–Crippen MR) is 51.6 cm³/mol. The molecule has 0 aliphatic rings. The molecule has 2 N–H and O–H groups in total. The second-order valence-corrected chi connectivity index (χ2v) is 3.21. The van der Waals surface area contributed by atoms with E-state index >= 15 is 0 Å². The topological polar surface area (TPSA) is 52.3 Å². The molecule has 0 bridgehead atoms. The number of ether oxygens (including phenoxy) is 1. The van der Waals surface area contributed by atoms with Crippen molar-refractivity contribution >= 4 is 11.7 Å². The minimum atomic E-state index is -4.47. The first kappa shape index (κ1) is 15.8. The molecule has 0 aliphatic carbocycles. The molecule has 1 aromatic carbocycles. The molecule has 0 fully saturated rings. The van der Waals surface area contributed by atoms with Crippen LogP contribution in [0, 0.1) is 0 Å². The van der Waals surface area contributed by atoms with E-state index in [1.165, 1.54) is 13.2 Å². The van der Waals surface area contributed by atoms with Crippen LogP contribution in [0.1, 0.15) is 11.1 Å². The molecule has 0 spiro atoms. The third-order valence-corrected chi connectivity index (χ3v) is 1.92. The standard InChI is InChI=1S/C10H10F3NO2.Fe/c1-16-9(15)4-6-2-7(10(11,12)13)5-8(14)3-6;/h2-3,5H,4,14H2,1H3;. The van der Waals surface area contributed by atoms with E-state index in [4.69, 9.17) is 5.73 Å². The fraction of sp³-hybridized carbons (Fsp3) is 0.300. The Bertz CT molecular complexity index is 407. The molecule has 0 unspecified atom stereocenters. The zero-order chi connectivity index (χ0) is 12.3. The molecule has 0 saturated carbocycles. The van der Waals surface area contributed by atoms with E-state index in [0.717, 1.165) is 12.1 Å². The van der Waals surface area contributed by atoms with Crippen LogP contribution in [0.3, 0.4) is 0 Å². The predicted octanol–water partition coefficient (Wildman–Crippen LogP) is 2.00. The fourth-order valence-corrected chi connectivity index (χ4v) is 1.22. The van der Waals surface area contributed by atoms with Gasteiger partial charge in [-0.15, -0.1) is 0 Å². The molecule has 0 amide bonds. The number of nitrogens with two attached hydrogens (primary N) is 1. The minimum absolute atomic E-state index is 0. The third-order valence-electron chi connectivity index (χ3n) is 1.92. The molecule has 1 rings (SSSR count). The number of nitrogen functional groups attached to an aromatic ring is 1. The summed E-state index contributed by atoms with van der Waals surface area (Å²) in [5.41, 5.74) is 4.60. The molecule has 3 nitrogen and oxygen atoms in total. The van der Waals surface area contributed by atoms with E-state index in [-0.39, 0.29) is 34.7 Å². The zero-order valence-corrected chi connectivity index (χ0v) is 9.92. The van der Waals surface area contributed by atoms with Crippen LogP contribution in [0.5, 0.6) is 0 Å². The summed E-state index contributed by atoms with van der Waals surface area (Å²) in [6.45, 7) is 0. The summed E-state index contributed by atoms with van der Waals surface area (Å²) in [6, 6.07) is 3.01. The summed E-state index contributed by atoms with van der Waals surface area (Å²) in [5, 5.41) is 0. The van der Waals surface area contributed by atoms with Gasteiger partial charge in [0.15, 0.2) is 0 Å². The number of benzene rings is 1. The van der Waals surface area contributed by atoms with Gasteiger partial charge in [0.05, 0.1) is 19.1 Å². The van der Waals surface area contributed by atoms with Gasteiger partial charge in [-0.1, -0.05) is 0 Å². The Balaban J connectivity index is 0.00000256. The number of halogens is 3. The molecule has 17 heavy (non-hydrogen) atoms. The summed E-state index contributed by atoms with van der Waals surface area (Å²) < 4.78 is 41.5. The molecule has 7 heteroatoms. The van der Waals surface area contributed by atoms with Gasteiger partial charge in [0.25, 0.3) is 0 Å². The zero-order valence-electron chi connectivity index (χ0n) is 8.82. The minimum Gasteiger partial charge on any atom is -0.469 e. The molecule has 96 valence electrons. The monoisotopic (exact) mass is 289 g/mol. The van der Waals surface area contributed by atoms with E-state index in [1.807, 2.05) is 0 Å². The summed E-state index contributed by atoms with van der Waals surface area (Å²) in [6.07, 6.45) is -4.70. The Morgan fingerprint density at radius 2 is 1.94 bits per heavy atom. The molecule has 0 aliphatic heterocycles. The maximum Gasteiger partial charge on any atom is 0.416 e. The van der Waals surface area contributed by atoms with Gasteiger partial charge >= 0.3 is 12.1 Å². The SMILES string of the molecule is COC(=O)Cc1cc(N)cc(C(F)(F)F)c1.[Fe]. The number of alkyl halides is 3. The molecule has 0 aromatic heterocycles. The van der Waals surface area contributed by atoms with Crippen molar-refractivity contribution in [3.63, 3.8) is 0 Å². The smallest absolute Gasteiger partial charge is 0.416 e. The Kier molecular flexibility index (Phi) is 5.51. The van der Waals surface area contributed by atoms with Crippen LogP contribution < -0.4 is 5.73 Å². The van der Waals surface area contributed by atoms with Gasteiger partial charge in [-0.25, -0.2) is 0 Å². The number of carbonyl (C=O) groups excluding carboxylic acids is 1. The van der Waals surface area contributed by atoms with Crippen molar-refractivity contribution in [3.05, 3.63) is 29.3 Å². The van der Waals surface area contributed by atoms with Gasteiger partial charge in [0, 0.05) is 22.8 Å². The van der Waals surface area contributed by atoms with E-state index < -0.39 is 17.7 Å². The van der Waals surface area contributed by atoms with Crippen molar-refractivity contribution in [3.8, 4) is 0 Å². The van der Waals surface area contributed by atoms with Gasteiger partial charge in [-0.3, -0.25) is 4.79 Å². The molecular weight excluding hydrogens is 279 g/mol. The van der Waals surface area contributed by atoms with Crippen LogP contribution >= 0.6 is 0 Å². The number of hydrogen-bond donors (Lipinski definition) is 1. The molecule has 0 radical (unpaired) electrons. The van der Waals surface area contributed by atoms with E-state index in [2.05, 4.69) is 4.74 Å². The van der Waals surface area contributed by atoms with Crippen molar-refractivity contribution in [1.82, 2.24) is 0 Å². The second-order valence-electron chi connectivity index (χ2n) is 3.21. The van der Waals surface area contributed by atoms with Crippen LogP contribution in [0.4, 0.5) is 18.9 Å². The van der Waals surface area contributed by atoms with Crippen molar-refractivity contribution in [2.45, 2.75) is 12.6 Å². The Hall–Kier alpha value is -1.20. The number of esters is 1. The average molecular weight is 289 g/mol. The maximum atomic E-state index is 12.4. The van der Waals surface area contributed by atoms with E-state index in [1.54, 1.807) is 0 Å². The van der Waals surface area contributed by atoms with Gasteiger partial charge in [0.1, 0.15) is 0 Å². The van der Waals surface area contributed by atoms with Crippen LogP contribution in [-0.2, 0) is 39.2 Å². The van der Waals surface area contributed by atoms with Gasteiger partial charge < -0.3 is 10.5 Å². The summed E-state index contributed by atoms with van der Waals surface area (Å²) >= 11 is 0. The fourth-order valence-electron chi connectivity index (χ4n) is 1.22. The Morgan fingerprint density at radius 3 is 2.41 bits per heavy atom. The van der Waals surface area contributed by atoms with Crippen LogP contribution in [-0.4, -0.2) is 13.1 Å². The summed E-state index contributed by atoms with van der Waals surface area (Å²) in [7, 11) is 1.17. The Labute approximate surface area is 107 Å². The Morgan fingerprint density at radius 1 is 1.35 bits per heavy atom. The molecule has 1 aromatic rings. The first-order valence-corrected chi connectivity index (χ1v) is 4.36. The molecule has 0 atom stereocenters. The third kappa shape index (κ3) is 4.66. The number of methoxy groups -OCH3 is 1. The maximum absolute atomic E-state index is 12.4. The van der Waals surface area contributed by atoms with E-state index in [9.17, 15) is 18.0 Å². The summed E-state index contributed by atoms with van der Waals surface area (Å²) in [5.74, 6) is -0.612. The van der Waals surface area contributed by atoms with Crippen molar-refractivity contribution < 1.29 is 39.8 Å². The van der Waals surface area contributed by atoms with Crippen molar-refractivity contribution in [2.75, 3.05) is 12.8 Å². The number of carbonyl (C=O) groups is 1. The number of anilines is 1.